The number of carbonyl (C=O) groups is 2. The number of hydrogen-bond donors (Lipinski definition) is 2. The van der Waals surface area contributed by atoms with Gasteiger partial charge in [-0.2, -0.15) is 0 Å². The highest BCUT2D eigenvalue weighted by Gasteiger charge is 2.14. The van der Waals surface area contributed by atoms with E-state index in [1.165, 1.54) is 12.1 Å². The predicted octanol–water partition coefficient (Wildman–Crippen LogP) is 4.65. The summed E-state index contributed by atoms with van der Waals surface area (Å²) >= 11 is 0. The van der Waals surface area contributed by atoms with E-state index < -0.39 is 5.97 Å². The summed E-state index contributed by atoms with van der Waals surface area (Å²) in [6, 6.07) is 19.0. The van der Waals surface area contributed by atoms with Gasteiger partial charge in [0.2, 0.25) is 5.91 Å². The monoisotopic (exact) mass is 374 g/mol. The van der Waals surface area contributed by atoms with Crippen molar-refractivity contribution in [1.29, 1.82) is 0 Å². The van der Waals surface area contributed by atoms with Crippen LogP contribution in [0.5, 0.6) is 0 Å². The molecule has 0 saturated carbocycles. The number of fused-ring (bicyclic) bond motifs is 1. The Morgan fingerprint density at radius 2 is 1.68 bits per heavy atom. The number of anilines is 2. The van der Waals surface area contributed by atoms with Crippen molar-refractivity contribution in [2.24, 2.45) is 0 Å². The Balaban J connectivity index is 1.85. The molecule has 5 heteroatoms. The molecule has 0 aromatic heterocycles. The Morgan fingerprint density at radius 3 is 2.36 bits per heavy atom. The summed E-state index contributed by atoms with van der Waals surface area (Å²) in [4.78, 5) is 25.8. The highest BCUT2D eigenvalue weighted by molar-refractivity contribution is 6.07. The van der Waals surface area contributed by atoms with Gasteiger partial charge in [0.15, 0.2) is 0 Å². The molecule has 0 aliphatic heterocycles. The van der Waals surface area contributed by atoms with Crippen molar-refractivity contribution in [2.45, 2.75) is 6.92 Å². The van der Waals surface area contributed by atoms with Crippen LogP contribution >= 0.6 is 0 Å². The molecule has 0 aliphatic rings. The first-order valence-electron chi connectivity index (χ1n) is 8.88. The van der Waals surface area contributed by atoms with Crippen molar-refractivity contribution in [3.63, 3.8) is 0 Å². The molecule has 2 N–H and O–H groups in total. The highest BCUT2D eigenvalue weighted by atomic mass is 16.4. The smallest absolute Gasteiger partial charge is 0.337 e. The molecule has 0 atom stereocenters. The number of carbonyl (C=O) groups excluding carboxylic acids is 1. The van der Waals surface area contributed by atoms with Gasteiger partial charge in [-0.15, -0.1) is 0 Å². The molecule has 0 fully saturated rings. The molecule has 5 nitrogen and oxygen atoms in total. The number of carboxylic acid groups (broad SMARTS) is 1. The number of carboxylic acids is 1. The van der Waals surface area contributed by atoms with Gasteiger partial charge in [-0.3, -0.25) is 4.79 Å². The first-order chi connectivity index (χ1) is 13.3. The molecule has 0 bridgehead atoms. The van der Waals surface area contributed by atoms with E-state index in [1.807, 2.05) is 68.4 Å². The summed E-state index contributed by atoms with van der Waals surface area (Å²) in [5, 5.41) is 14.4. The minimum absolute atomic E-state index is 0.0521. The number of allylic oxidation sites excluding steroid dienone is 1. The van der Waals surface area contributed by atoms with Crippen molar-refractivity contribution in [2.75, 3.05) is 24.3 Å². The van der Waals surface area contributed by atoms with E-state index in [0.717, 1.165) is 27.6 Å². The van der Waals surface area contributed by atoms with Gasteiger partial charge < -0.3 is 15.3 Å². The van der Waals surface area contributed by atoms with Gasteiger partial charge >= 0.3 is 5.97 Å². The zero-order chi connectivity index (χ0) is 20.3. The number of hydrogen-bond acceptors (Lipinski definition) is 3. The fourth-order valence-corrected chi connectivity index (χ4v) is 2.98. The molecular weight excluding hydrogens is 352 g/mol. The van der Waals surface area contributed by atoms with E-state index in [9.17, 15) is 14.7 Å². The van der Waals surface area contributed by atoms with Crippen LogP contribution in [0.1, 0.15) is 22.8 Å². The van der Waals surface area contributed by atoms with Crippen LogP contribution in [0.4, 0.5) is 11.4 Å². The lowest BCUT2D eigenvalue weighted by molar-refractivity contribution is -0.111. The van der Waals surface area contributed by atoms with Gasteiger partial charge in [0, 0.05) is 25.9 Å². The number of amides is 1. The minimum Gasteiger partial charge on any atom is -0.478 e. The third kappa shape index (κ3) is 4.20. The second-order valence-electron chi connectivity index (χ2n) is 6.81. The SMILES string of the molecule is C/C(=C/C(=O)Nc1ccc(N(C)C)cc1C(=O)O)c1ccc2ccccc2c1. The van der Waals surface area contributed by atoms with Crippen molar-refractivity contribution in [3.05, 3.63) is 77.9 Å². The Hall–Kier alpha value is -3.60. The van der Waals surface area contributed by atoms with Crippen LogP contribution < -0.4 is 10.2 Å². The fraction of sp³-hybridized carbons (Fsp3) is 0.130. The maximum atomic E-state index is 12.5. The standard InChI is InChI=1S/C23H22N2O3/c1-15(17-9-8-16-6-4-5-7-18(16)13-17)12-22(26)24-21-11-10-19(25(2)3)14-20(21)23(27)28/h4-14H,1-3H3,(H,24,26)(H,27,28)/b15-12-. The van der Waals surface area contributed by atoms with Gasteiger partial charge in [-0.05, 0) is 53.1 Å². The lowest BCUT2D eigenvalue weighted by atomic mass is 10.0. The number of aromatic carboxylic acids is 1. The van der Waals surface area contributed by atoms with Gasteiger partial charge in [-0.25, -0.2) is 4.79 Å². The summed E-state index contributed by atoms with van der Waals surface area (Å²) in [7, 11) is 3.66. The third-order valence-corrected chi connectivity index (χ3v) is 4.56. The van der Waals surface area contributed by atoms with Crippen molar-refractivity contribution >= 4 is 39.6 Å². The van der Waals surface area contributed by atoms with E-state index in [-0.39, 0.29) is 17.2 Å². The Bertz CT molecular complexity index is 1080. The number of rotatable bonds is 5. The topological polar surface area (TPSA) is 69.6 Å². The zero-order valence-electron chi connectivity index (χ0n) is 16.1. The lowest BCUT2D eigenvalue weighted by Crippen LogP contribution is -2.14. The van der Waals surface area contributed by atoms with E-state index in [4.69, 9.17) is 0 Å². The number of benzene rings is 3. The summed E-state index contributed by atoms with van der Waals surface area (Å²) in [6.07, 6.45) is 1.48. The molecule has 0 radical (unpaired) electrons. The second-order valence-corrected chi connectivity index (χ2v) is 6.81. The third-order valence-electron chi connectivity index (χ3n) is 4.56. The predicted molar refractivity (Wildman–Crippen MR) is 114 cm³/mol. The summed E-state index contributed by atoms with van der Waals surface area (Å²) in [6.45, 7) is 1.86. The molecule has 0 unspecified atom stereocenters. The largest absolute Gasteiger partial charge is 0.478 e. The molecule has 0 spiro atoms. The average molecular weight is 374 g/mol. The molecule has 0 saturated heterocycles. The van der Waals surface area contributed by atoms with Crippen LogP contribution in [-0.2, 0) is 4.79 Å². The maximum absolute atomic E-state index is 12.5. The molecular formula is C23H22N2O3. The van der Waals surface area contributed by atoms with Crippen molar-refractivity contribution < 1.29 is 14.7 Å². The highest BCUT2D eigenvalue weighted by Crippen LogP contribution is 2.24. The van der Waals surface area contributed by atoms with E-state index in [2.05, 4.69) is 5.32 Å². The van der Waals surface area contributed by atoms with Crippen molar-refractivity contribution in [1.82, 2.24) is 0 Å². The van der Waals surface area contributed by atoms with Gasteiger partial charge in [0.05, 0.1) is 11.3 Å². The normalized spacial score (nSPS) is 11.3. The molecule has 3 aromatic carbocycles. The molecule has 142 valence electrons. The van der Waals surface area contributed by atoms with Crippen LogP contribution in [0.2, 0.25) is 0 Å². The summed E-state index contributed by atoms with van der Waals surface area (Å²) < 4.78 is 0. The van der Waals surface area contributed by atoms with Gasteiger partial charge in [-0.1, -0.05) is 36.4 Å². The van der Waals surface area contributed by atoms with Crippen LogP contribution in [0, 0.1) is 0 Å². The van der Waals surface area contributed by atoms with Crippen LogP contribution in [-0.4, -0.2) is 31.1 Å². The molecule has 28 heavy (non-hydrogen) atoms. The Labute approximate surface area is 163 Å². The van der Waals surface area contributed by atoms with E-state index in [0.29, 0.717) is 0 Å². The van der Waals surface area contributed by atoms with E-state index in [1.54, 1.807) is 12.1 Å². The summed E-state index contributed by atoms with van der Waals surface area (Å²) in [5.41, 5.74) is 2.81. The minimum atomic E-state index is -1.09. The summed E-state index contributed by atoms with van der Waals surface area (Å²) in [5.74, 6) is -1.46. The fourth-order valence-electron chi connectivity index (χ4n) is 2.98. The first-order valence-corrected chi connectivity index (χ1v) is 8.88. The van der Waals surface area contributed by atoms with Crippen LogP contribution in [0.15, 0.2) is 66.7 Å². The Kier molecular flexibility index (Phi) is 5.45. The van der Waals surface area contributed by atoms with Crippen LogP contribution in [0.25, 0.3) is 16.3 Å². The number of nitrogens with one attached hydrogen (secondary N) is 1. The quantitative estimate of drug-likeness (QED) is 0.638. The molecule has 3 rings (SSSR count). The molecule has 3 aromatic rings. The maximum Gasteiger partial charge on any atom is 0.337 e. The van der Waals surface area contributed by atoms with Crippen LogP contribution in [0.3, 0.4) is 0 Å². The first kappa shape index (κ1) is 19.2. The molecule has 0 heterocycles. The van der Waals surface area contributed by atoms with Crippen molar-refractivity contribution in [3.8, 4) is 0 Å². The molecule has 1 amide bonds. The second kappa shape index (κ2) is 7.96. The number of nitrogens with zero attached hydrogens (tertiary/aromatic N) is 1. The van der Waals surface area contributed by atoms with Gasteiger partial charge in [0.1, 0.15) is 0 Å². The van der Waals surface area contributed by atoms with Gasteiger partial charge in [0.25, 0.3) is 0 Å². The van der Waals surface area contributed by atoms with E-state index >= 15 is 0 Å². The molecule has 0 aliphatic carbocycles. The Morgan fingerprint density at radius 1 is 0.964 bits per heavy atom. The lowest BCUT2D eigenvalue weighted by Gasteiger charge is -2.15. The average Bonchev–Trinajstić information content (AvgIpc) is 2.67. The zero-order valence-corrected chi connectivity index (χ0v) is 16.1.